The van der Waals surface area contributed by atoms with Crippen LogP contribution < -0.4 is 10.1 Å². The first kappa shape index (κ1) is 23.0. The third kappa shape index (κ3) is 4.79. The van der Waals surface area contributed by atoms with Gasteiger partial charge in [-0.1, -0.05) is 18.5 Å². The topological polar surface area (TPSA) is 100 Å². The highest BCUT2D eigenvalue weighted by molar-refractivity contribution is 6.31. The molecule has 0 amide bonds. The van der Waals surface area contributed by atoms with Crippen LogP contribution >= 0.6 is 11.6 Å². The Hall–Kier alpha value is -3.18. The maximum Gasteiger partial charge on any atom is 0.227 e. The summed E-state index contributed by atoms with van der Waals surface area (Å²) >= 11 is 6.19. The highest BCUT2D eigenvalue weighted by atomic mass is 35.5. The molecule has 0 spiro atoms. The van der Waals surface area contributed by atoms with Gasteiger partial charge in [-0.05, 0) is 60.4 Å². The Labute approximate surface area is 198 Å². The molecule has 1 atom stereocenters. The number of ether oxygens (including phenoxy) is 2. The largest absolute Gasteiger partial charge is 0.489 e. The van der Waals surface area contributed by atoms with E-state index in [1.165, 1.54) is 0 Å². The molecule has 7 nitrogen and oxygen atoms in total. The number of aliphatic hydroxyl groups is 1. The van der Waals surface area contributed by atoms with Gasteiger partial charge in [-0.2, -0.15) is 5.26 Å². The first-order valence-electron chi connectivity index (χ1n) is 10.7. The zero-order valence-electron chi connectivity index (χ0n) is 18.6. The minimum absolute atomic E-state index is 0.0332. The number of fused-ring (bicyclic) bond motifs is 1. The molecule has 0 unspecified atom stereocenters. The summed E-state index contributed by atoms with van der Waals surface area (Å²) in [7, 11) is 1.61. The van der Waals surface area contributed by atoms with Crippen LogP contribution in [0.15, 0.2) is 42.6 Å². The number of rotatable bonds is 8. The second-order valence-corrected chi connectivity index (χ2v) is 8.69. The predicted molar refractivity (Wildman–Crippen MR) is 127 cm³/mol. The summed E-state index contributed by atoms with van der Waals surface area (Å²) in [6.07, 6.45) is 3.26. The SMILES string of the molecule is COCCOc1ccc(Cl)cc1Nc1nccc(-c2cc(C#N)c3c(c2)[C@](C)(CO)CC3)n1. The van der Waals surface area contributed by atoms with Gasteiger partial charge < -0.3 is 19.9 Å². The molecule has 1 aliphatic carbocycles. The molecule has 0 fully saturated rings. The van der Waals surface area contributed by atoms with Crippen LogP contribution in [-0.4, -0.2) is 42.0 Å². The minimum atomic E-state index is -0.361. The van der Waals surface area contributed by atoms with Gasteiger partial charge in [0.1, 0.15) is 12.4 Å². The van der Waals surface area contributed by atoms with Crippen LogP contribution in [0.4, 0.5) is 11.6 Å². The lowest BCUT2D eigenvalue weighted by atomic mass is 9.83. The Morgan fingerprint density at radius 1 is 1.24 bits per heavy atom. The van der Waals surface area contributed by atoms with Crippen molar-refractivity contribution in [2.24, 2.45) is 0 Å². The van der Waals surface area contributed by atoms with Crippen molar-refractivity contribution in [1.29, 1.82) is 5.26 Å². The first-order chi connectivity index (χ1) is 16.0. The van der Waals surface area contributed by atoms with Gasteiger partial charge >= 0.3 is 0 Å². The molecule has 1 aromatic heterocycles. The number of methoxy groups -OCH3 is 1. The highest BCUT2D eigenvalue weighted by Crippen LogP contribution is 2.42. The highest BCUT2D eigenvalue weighted by Gasteiger charge is 2.35. The molecule has 4 rings (SSSR count). The fourth-order valence-corrected chi connectivity index (χ4v) is 4.26. The molecule has 0 aliphatic heterocycles. The van der Waals surface area contributed by atoms with Crippen molar-refractivity contribution in [1.82, 2.24) is 9.97 Å². The van der Waals surface area contributed by atoms with E-state index in [0.29, 0.717) is 46.9 Å². The Balaban J connectivity index is 1.67. The van der Waals surface area contributed by atoms with E-state index in [-0.39, 0.29) is 12.0 Å². The summed E-state index contributed by atoms with van der Waals surface area (Å²) in [5.74, 6) is 0.976. The van der Waals surface area contributed by atoms with Crippen LogP contribution in [0.2, 0.25) is 5.02 Å². The van der Waals surface area contributed by atoms with E-state index >= 15 is 0 Å². The van der Waals surface area contributed by atoms with E-state index in [4.69, 9.17) is 21.1 Å². The average Bonchev–Trinajstić information content (AvgIpc) is 3.17. The third-order valence-corrected chi connectivity index (χ3v) is 6.22. The number of benzene rings is 2. The minimum Gasteiger partial charge on any atom is -0.489 e. The number of anilines is 2. The Bertz CT molecular complexity index is 1210. The predicted octanol–water partition coefficient (Wildman–Crippen LogP) is 4.63. The van der Waals surface area contributed by atoms with Crippen LogP contribution in [-0.2, 0) is 16.6 Å². The number of hydrogen-bond acceptors (Lipinski definition) is 7. The molecule has 2 aromatic carbocycles. The molecule has 0 radical (unpaired) electrons. The van der Waals surface area contributed by atoms with E-state index in [9.17, 15) is 10.4 Å². The summed E-state index contributed by atoms with van der Waals surface area (Å²) in [5, 5.41) is 23.4. The van der Waals surface area contributed by atoms with Crippen LogP contribution in [0.5, 0.6) is 5.75 Å². The maximum atomic E-state index is 9.98. The quantitative estimate of drug-likeness (QED) is 0.468. The van der Waals surface area contributed by atoms with Gasteiger partial charge in [0.15, 0.2) is 0 Å². The molecule has 170 valence electrons. The molecule has 0 saturated heterocycles. The zero-order valence-corrected chi connectivity index (χ0v) is 19.3. The Morgan fingerprint density at radius 2 is 2.09 bits per heavy atom. The molecular formula is C25H25ClN4O3. The number of hydrogen-bond donors (Lipinski definition) is 2. The van der Waals surface area contributed by atoms with Gasteiger partial charge in [0.25, 0.3) is 0 Å². The monoisotopic (exact) mass is 464 g/mol. The number of nitrogens with zero attached hydrogens (tertiary/aromatic N) is 3. The van der Waals surface area contributed by atoms with Crippen LogP contribution in [0, 0.1) is 11.3 Å². The molecule has 3 aromatic rings. The molecule has 8 heteroatoms. The Kier molecular flexibility index (Phi) is 6.80. The first-order valence-corrected chi connectivity index (χ1v) is 11.1. The fourth-order valence-electron chi connectivity index (χ4n) is 4.09. The van der Waals surface area contributed by atoms with Gasteiger partial charge in [0, 0.05) is 29.3 Å². The number of nitrogens with one attached hydrogen (secondary N) is 1. The molecular weight excluding hydrogens is 440 g/mol. The standard InChI is InChI=1S/C25H25ClN4O3/c1-25(15-31)7-5-19-17(14-27)11-16(12-20(19)25)21-6-8-28-24(29-21)30-22-13-18(26)3-4-23(22)33-10-9-32-2/h3-4,6,8,11-13,31H,5,7,9-10,15H2,1-2H3,(H,28,29,30)/t25-/m0/s1. The summed E-state index contributed by atoms with van der Waals surface area (Å²) < 4.78 is 10.8. The van der Waals surface area contributed by atoms with Crippen LogP contribution in [0.25, 0.3) is 11.3 Å². The lowest BCUT2D eigenvalue weighted by Crippen LogP contribution is -2.23. The van der Waals surface area contributed by atoms with E-state index in [0.717, 1.165) is 29.5 Å². The number of aliphatic hydroxyl groups excluding tert-OH is 1. The number of halogens is 1. The molecule has 0 bridgehead atoms. The molecule has 1 heterocycles. The molecule has 2 N–H and O–H groups in total. The second-order valence-electron chi connectivity index (χ2n) is 8.25. The van der Waals surface area contributed by atoms with Crippen molar-refractivity contribution < 1.29 is 14.6 Å². The number of aromatic nitrogens is 2. The average molecular weight is 465 g/mol. The van der Waals surface area contributed by atoms with Gasteiger partial charge in [-0.15, -0.1) is 0 Å². The lowest BCUT2D eigenvalue weighted by molar-refractivity contribution is 0.146. The molecule has 0 saturated carbocycles. The maximum absolute atomic E-state index is 9.98. The zero-order chi connectivity index (χ0) is 23.4. The Morgan fingerprint density at radius 3 is 2.85 bits per heavy atom. The second kappa shape index (κ2) is 9.75. The van der Waals surface area contributed by atoms with Crippen molar-refractivity contribution in [2.75, 3.05) is 32.2 Å². The van der Waals surface area contributed by atoms with E-state index in [2.05, 4.69) is 21.4 Å². The van der Waals surface area contributed by atoms with E-state index < -0.39 is 0 Å². The van der Waals surface area contributed by atoms with Crippen molar-refractivity contribution in [3.8, 4) is 23.1 Å². The van der Waals surface area contributed by atoms with Crippen molar-refractivity contribution >= 4 is 23.2 Å². The molecule has 1 aliphatic rings. The van der Waals surface area contributed by atoms with Gasteiger partial charge in [0.2, 0.25) is 5.95 Å². The van der Waals surface area contributed by atoms with Crippen molar-refractivity contribution in [3.63, 3.8) is 0 Å². The van der Waals surface area contributed by atoms with Crippen molar-refractivity contribution in [2.45, 2.75) is 25.2 Å². The van der Waals surface area contributed by atoms with Gasteiger partial charge in [-0.25, -0.2) is 9.97 Å². The summed E-state index contributed by atoms with van der Waals surface area (Å²) in [4.78, 5) is 9.00. The smallest absolute Gasteiger partial charge is 0.227 e. The molecule has 33 heavy (non-hydrogen) atoms. The number of nitriles is 1. The third-order valence-electron chi connectivity index (χ3n) is 5.98. The van der Waals surface area contributed by atoms with Crippen LogP contribution in [0.3, 0.4) is 0 Å². The van der Waals surface area contributed by atoms with E-state index in [1.54, 1.807) is 37.6 Å². The van der Waals surface area contributed by atoms with Gasteiger partial charge in [0.05, 0.1) is 36.2 Å². The normalized spacial score (nSPS) is 16.8. The van der Waals surface area contributed by atoms with E-state index in [1.807, 2.05) is 19.1 Å². The van der Waals surface area contributed by atoms with Crippen LogP contribution in [0.1, 0.15) is 30.0 Å². The fraction of sp³-hybridized carbons (Fsp3) is 0.320. The summed E-state index contributed by atoms with van der Waals surface area (Å²) in [6.45, 7) is 2.91. The van der Waals surface area contributed by atoms with Gasteiger partial charge in [-0.3, -0.25) is 0 Å². The lowest BCUT2D eigenvalue weighted by Gasteiger charge is -2.23. The summed E-state index contributed by atoms with van der Waals surface area (Å²) in [5.41, 5.74) is 4.40. The summed E-state index contributed by atoms with van der Waals surface area (Å²) in [6, 6.07) is 13.3. The van der Waals surface area contributed by atoms with Crippen molar-refractivity contribution in [3.05, 3.63) is 64.3 Å².